The molecule has 3 rings (SSSR count). The number of likely N-dealkylation sites (N-methyl/N-ethyl adjacent to an activating group) is 1. The summed E-state index contributed by atoms with van der Waals surface area (Å²) in [5.74, 6) is 0.0652. The molecule has 5 nitrogen and oxygen atoms in total. The molecule has 1 amide bonds. The molecule has 1 fully saturated rings. The van der Waals surface area contributed by atoms with Gasteiger partial charge < -0.3 is 10.6 Å². The number of carbonyl (C=O) groups excluding carboxylic acids is 1. The zero-order valence-electron chi connectivity index (χ0n) is 12.2. The highest BCUT2D eigenvalue weighted by Crippen LogP contribution is 2.19. The molecule has 2 aromatic rings. The van der Waals surface area contributed by atoms with E-state index < -0.39 is 0 Å². The zero-order valence-corrected chi connectivity index (χ0v) is 12.2. The monoisotopic (exact) mass is 284 g/mol. The smallest absolute Gasteiger partial charge is 0.238 e. The lowest BCUT2D eigenvalue weighted by molar-refractivity contribution is -0.126. The summed E-state index contributed by atoms with van der Waals surface area (Å²) in [5, 5.41) is 7.18. The van der Waals surface area contributed by atoms with Crippen molar-refractivity contribution in [3.63, 3.8) is 0 Å². The van der Waals surface area contributed by atoms with Gasteiger partial charge in [-0.2, -0.15) is 0 Å². The van der Waals surface area contributed by atoms with Crippen LogP contribution in [0.3, 0.4) is 0 Å². The van der Waals surface area contributed by atoms with E-state index in [1.165, 1.54) is 5.56 Å². The molecule has 1 aliphatic heterocycles. The van der Waals surface area contributed by atoms with Crippen molar-refractivity contribution in [1.29, 1.82) is 0 Å². The van der Waals surface area contributed by atoms with Crippen LogP contribution in [0.5, 0.6) is 0 Å². The molecule has 5 heteroatoms. The number of para-hydroxylation sites is 1. The lowest BCUT2D eigenvalue weighted by Crippen LogP contribution is -2.56. The summed E-state index contributed by atoms with van der Waals surface area (Å²) in [5.41, 5.74) is 2.19. The fraction of sp³-hybridized carbons (Fsp3) is 0.375. The SMILES string of the molecule is CNC(=O)C1CNCCN1Cc1cccc2cccnc12. The summed E-state index contributed by atoms with van der Waals surface area (Å²) in [6, 6.07) is 10.1. The Bertz CT molecular complexity index is 638. The minimum atomic E-state index is -0.122. The van der Waals surface area contributed by atoms with Crippen molar-refractivity contribution in [1.82, 2.24) is 20.5 Å². The number of aromatic nitrogens is 1. The van der Waals surface area contributed by atoms with Gasteiger partial charge in [0.15, 0.2) is 0 Å². The number of hydrogen-bond donors (Lipinski definition) is 2. The Morgan fingerprint density at radius 3 is 3.14 bits per heavy atom. The van der Waals surface area contributed by atoms with Crippen LogP contribution in [-0.4, -0.2) is 48.5 Å². The largest absolute Gasteiger partial charge is 0.358 e. The van der Waals surface area contributed by atoms with E-state index in [4.69, 9.17) is 0 Å². The van der Waals surface area contributed by atoms with Crippen LogP contribution in [0.15, 0.2) is 36.5 Å². The van der Waals surface area contributed by atoms with Crippen LogP contribution < -0.4 is 10.6 Å². The van der Waals surface area contributed by atoms with Gasteiger partial charge in [0.2, 0.25) is 5.91 Å². The maximum atomic E-state index is 12.0. The van der Waals surface area contributed by atoms with Crippen molar-refractivity contribution < 1.29 is 4.79 Å². The van der Waals surface area contributed by atoms with Gasteiger partial charge in [-0.1, -0.05) is 24.3 Å². The molecule has 0 aliphatic carbocycles. The van der Waals surface area contributed by atoms with E-state index in [0.29, 0.717) is 6.54 Å². The second-order valence-electron chi connectivity index (χ2n) is 5.30. The average molecular weight is 284 g/mol. The first-order chi connectivity index (χ1) is 10.3. The van der Waals surface area contributed by atoms with Crippen molar-refractivity contribution in [2.24, 2.45) is 0 Å². The average Bonchev–Trinajstić information content (AvgIpc) is 2.55. The first-order valence-electron chi connectivity index (χ1n) is 7.28. The highest BCUT2D eigenvalue weighted by molar-refractivity contribution is 5.83. The number of piperazine rings is 1. The summed E-state index contributed by atoms with van der Waals surface area (Å²) < 4.78 is 0. The Labute approximate surface area is 124 Å². The van der Waals surface area contributed by atoms with Crippen LogP contribution in [0.2, 0.25) is 0 Å². The van der Waals surface area contributed by atoms with Gasteiger partial charge in [-0.25, -0.2) is 0 Å². The molecule has 2 heterocycles. The molecule has 110 valence electrons. The molecule has 0 radical (unpaired) electrons. The molecule has 0 bridgehead atoms. The molecule has 0 saturated carbocycles. The van der Waals surface area contributed by atoms with Gasteiger partial charge in [0, 0.05) is 44.8 Å². The lowest BCUT2D eigenvalue weighted by atomic mass is 10.1. The maximum Gasteiger partial charge on any atom is 0.238 e. The standard InChI is InChI=1S/C16H20N4O/c1-17-16(21)14-10-18-8-9-20(14)11-13-5-2-4-12-6-3-7-19-15(12)13/h2-7,14,18H,8-11H2,1H3,(H,17,21). The molecular formula is C16H20N4O. The van der Waals surface area contributed by atoms with Gasteiger partial charge >= 0.3 is 0 Å². The topological polar surface area (TPSA) is 57.3 Å². The first kappa shape index (κ1) is 14.0. The normalized spacial score (nSPS) is 19.6. The van der Waals surface area contributed by atoms with Crippen molar-refractivity contribution >= 4 is 16.8 Å². The Morgan fingerprint density at radius 1 is 1.43 bits per heavy atom. The van der Waals surface area contributed by atoms with E-state index in [1.54, 1.807) is 7.05 Å². The van der Waals surface area contributed by atoms with E-state index in [-0.39, 0.29) is 11.9 Å². The predicted octanol–water partition coefficient (Wildman–Crippen LogP) is 0.755. The highest BCUT2D eigenvalue weighted by Gasteiger charge is 2.28. The van der Waals surface area contributed by atoms with Crippen molar-refractivity contribution in [2.45, 2.75) is 12.6 Å². The lowest BCUT2D eigenvalue weighted by Gasteiger charge is -2.35. The van der Waals surface area contributed by atoms with E-state index in [0.717, 1.165) is 30.5 Å². The van der Waals surface area contributed by atoms with Crippen LogP contribution in [-0.2, 0) is 11.3 Å². The van der Waals surface area contributed by atoms with Gasteiger partial charge in [0.25, 0.3) is 0 Å². The number of amides is 1. The minimum Gasteiger partial charge on any atom is -0.358 e. The molecular weight excluding hydrogens is 264 g/mol. The van der Waals surface area contributed by atoms with Gasteiger partial charge in [-0.05, 0) is 11.6 Å². The molecule has 1 atom stereocenters. The summed E-state index contributed by atoms with van der Waals surface area (Å²) in [6.07, 6.45) is 1.82. The Balaban J connectivity index is 1.88. The summed E-state index contributed by atoms with van der Waals surface area (Å²) in [4.78, 5) is 18.7. The second kappa shape index (κ2) is 6.20. The van der Waals surface area contributed by atoms with Crippen molar-refractivity contribution in [2.75, 3.05) is 26.7 Å². The van der Waals surface area contributed by atoms with Crippen LogP contribution in [0.1, 0.15) is 5.56 Å². The molecule has 2 N–H and O–H groups in total. The van der Waals surface area contributed by atoms with Crippen LogP contribution >= 0.6 is 0 Å². The number of hydrogen-bond acceptors (Lipinski definition) is 4. The number of benzene rings is 1. The number of carbonyl (C=O) groups is 1. The first-order valence-corrected chi connectivity index (χ1v) is 7.28. The highest BCUT2D eigenvalue weighted by atomic mass is 16.2. The van der Waals surface area contributed by atoms with Crippen LogP contribution in [0, 0.1) is 0 Å². The van der Waals surface area contributed by atoms with E-state index >= 15 is 0 Å². The third-order valence-corrected chi connectivity index (χ3v) is 3.99. The Morgan fingerprint density at radius 2 is 2.29 bits per heavy atom. The van der Waals surface area contributed by atoms with Crippen LogP contribution in [0.4, 0.5) is 0 Å². The number of nitrogens with one attached hydrogen (secondary N) is 2. The molecule has 1 unspecified atom stereocenters. The quantitative estimate of drug-likeness (QED) is 0.873. The van der Waals surface area contributed by atoms with Crippen LogP contribution in [0.25, 0.3) is 10.9 Å². The third-order valence-electron chi connectivity index (χ3n) is 3.99. The molecule has 21 heavy (non-hydrogen) atoms. The fourth-order valence-electron chi connectivity index (χ4n) is 2.87. The second-order valence-corrected chi connectivity index (χ2v) is 5.30. The van der Waals surface area contributed by atoms with Crippen molar-refractivity contribution in [3.8, 4) is 0 Å². The van der Waals surface area contributed by atoms with Gasteiger partial charge in [0.1, 0.15) is 6.04 Å². The number of rotatable bonds is 3. The van der Waals surface area contributed by atoms with E-state index in [1.807, 2.05) is 12.3 Å². The fourth-order valence-corrected chi connectivity index (χ4v) is 2.87. The Hall–Kier alpha value is -1.98. The summed E-state index contributed by atoms with van der Waals surface area (Å²) in [6.45, 7) is 3.21. The third kappa shape index (κ3) is 2.89. The molecule has 1 aromatic carbocycles. The maximum absolute atomic E-state index is 12.0. The Kier molecular flexibility index (Phi) is 4.13. The van der Waals surface area contributed by atoms with E-state index in [2.05, 4.69) is 44.8 Å². The predicted molar refractivity (Wildman–Crippen MR) is 82.9 cm³/mol. The molecule has 1 saturated heterocycles. The van der Waals surface area contributed by atoms with Crippen molar-refractivity contribution in [3.05, 3.63) is 42.1 Å². The van der Waals surface area contributed by atoms with Gasteiger partial charge in [0.05, 0.1) is 5.52 Å². The zero-order chi connectivity index (χ0) is 14.7. The van der Waals surface area contributed by atoms with Gasteiger partial charge in [-0.3, -0.25) is 14.7 Å². The molecule has 1 aliphatic rings. The summed E-state index contributed by atoms with van der Waals surface area (Å²) >= 11 is 0. The summed E-state index contributed by atoms with van der Waals surface area (Å²) in [7, 11) is 1.69. The molecule has 1 aromatic heterocycles. The van der Waals surface area contributed by atoms with E-state index in [9.17, 15) is 4.79 Å². The number of fused-ring (bicyclic) bond motifs is 1. The number of pyridine rings is 1. The molecule has 0 spiro atoms. The van der Waals surface area contributed by atoms with Gasteiger partial charge in [-0.15, -0.1) is 0 Å². The number of nitrogens with zero attached hydrogens (tertiary/aromatic N) is 2. The minimum absolute atomic E-state index is 0.0652.